The Morgan fingerprint density at radius 2 is 1.83 bits per heavy atom. The number of benzene rings is 2. The van der Waals surface area contributed by atoms with Crippen molar-refractivity contribution in [2.45, 2.75) is 6.04 Å². The minimum Gasteiger partial charge on any atom is -0.361 e. The van der Waals surface area contributed by atoms with E-state index in [1.807, 2.05) is 44.4 Å². The van der Waals surface area contributed by atoms with E-state index in [4.69, 9.17) is 12.2 Å². The molecule has 3 nitrogen and oxygen atoms in total. The monoisotopic (exact) mass is 335 g/mol. The molecule has 0 spiro atoms. The van der Waals surface area contributed by atoms with Gasteiger partial charge in [-0.1, -0.05) is 30.3 Å². The van der Waals surface area contributed by atoms with Crippen LogP contribution in [0.15, 0.2) is 48.5 Å². The molecule has 0 saturated heterocycles. The van der Waals surface area contributed by atoms with Crippen molar-refractivity contribution in [2.24, 2.45) is 0 Å². The Hall–Kier alpha value is -2.05. The molecule has 1 unspecified atom stereocenters. The number of halogens is 2. The van der Waals surface area contributed by atoms with Gasteiger partial charge in [-0.25, -0.2) is 8.78 Å². The first-order chi connectivity index (χ1) is 11.0. The summed E-state index contributed by atoms with van der Waals surface area (Å²) in [4.78, 5) is 2.07. The average Bonchev–Trinajstić information content (AvgIpc) is 2.51. The summed E-state index contributed by atoms with van der Waals surface area (Å²) in [6, 6.07) is 13.5. The predicted octanol–water partition coefficient (Wildman–Crippen LogP) is 3.55. The van der Waals surface area contributed by atoms with Crippen LogP contribution in [0.25, 0.3) is 0 Å². The van der Waals surface area contributed by atoms with Crippen LogP contribution < -0.4 is 10.6 Å². The molecule has 0 saturated carbocycles. The highest BCUT2D eigenvalue weighted by Crippen LogP contribution is 2.17. The molecule has 0 aromatic heterocycles. The molecule has 0 aliphatic rings. The number of nitrogens with zero attached hydrogens (tertiary/aromatic N) is 1. The van der Waals surface area contributed by atoms with E-state index in [1.54, 1.807) is 0 Å². The zero-order chi connectivity index (χ0) is 16.8. The highest BCUT2D eigenvalue weighted by Gasteiger charge is 2.14. The molecule has 0 amide bonds. The van der Waals surface area contributed by atoms with Crippen LogP contribution in [0.1, 0.15) is 11.6 Å². The van der Waals surface area contributed by atoms with Gasteiger partial charge < -0.3 is 15.5 Å². The molecule has 0 bridgehead atoms. The summed E-state index contributed by atoms with van der Waals surface area (Å²) in [5.41, 5.74) is 1.30. The molecule has 0 fully saturated rings. The lowest BCUT2D eigenvalue weighted by molar-refractivity contribution is 0.299. The van der Waals surface area contributed by atoms with Crippen LogP contribution in [0.4, 0.5) is 14.5 Å². The molecule has 2 rings (SSSR count). The summed E-state index contributed by atoms with van der Waals surface area (Å²) in [5, 5.41) is 6.10. The van der Waals surface area contributed by atoms with Crippen LogP contribution in [-0.4, -0.2) is 30.7 Å². The number of thiocarbonyl (C=S) groups is 1. The number of hydrogen-bond donors (Lipinski definition) is 2. The van der Waals surface area contributed by atoms with Crippen molar-refractivity contribution in [2.75, 3.05) is 26.0 Å². The molecule has 2 aromatic rings. The van der Waals surface area contributed by atoms with E-state index < -0.39 is 11.6 Å². The molecule has 0 radical (unpaired) electrons. The summed E-state index contributed by atoms with van der Waals surface area (Å²) in [6.45, 7) is 0.561. The molecule has 6 heteroatoms. The lowest BCUT2D eigenvalue weighted by atomic mass is 10.1. The van der Waals surface area contributed by atoms with E-state index in [-0.39, 0.29) is 11.7 Å². The van der Waals surface area contributed by atoms with Crippen molar-refractivity contribution in [1.82, 2.24) is 10.2 Å². The molecule has 1 atom stereocenters. The first-order valence-electron chi connectivity index (χ1n) is 7.18. The Morgan fingerprint density at radius 3 is 2.43 bits per heavy atom. The SMILES string of the molecule is CN(C)C(CNC(=S)Nc1ccc(F)cc1F)c1ccccc1. The third-order valence-corrected chi connectivity index (χ3v) is 3.69. The van der Waals surface area contributed by atoms with Gasteiger partial charge in [-0.15, -0.1) is 0 Å². The van der Waals surface area contributed by atoms with Crippen LogP contribution in [0.5, 0.6) is 0 Å². The number of rotatable bonds is 5. The third-order valence-electron chi connectivity index (χ3n) is 3.44. The maximum absolute atomic E-state index is 13.6. The number of likely N-dealkylation sites (N-methyl/N-ethyl adjacent to an activating group) is 1. The Morgan fingerprint density at radius 1 is 1.13 bits per heavy atom. The average molecular weight is 335 g/mol. The van der Waals surface area contributed by atoms with Gasteiger partial charge in [-0.05, 0) is 44.0 Å². The van der Waals surface area contributed by atoms with Gasteiger partial charge in [0.2, 0.25) is 0 Å². The van der Waals surface area contributed by atoms with E-state index in [9.17, 15) is 8.78 Å². The molecule has 0 heterocycles. The van der Waals surface area contributed by atoms with Crippen molar-refractivity contribution in [3.8, 4) is 0 Å². The van der Waals surface area contributed by atoms with Crippen molar-refractivity contribution >= 4 is 23.0 Å². The van der Waals surface area contributed by atoms with Crippen molar-refractivity contribution in [3.05, 3.63) is 65.7 Å². The van der Waals surface area contributed by atoms with E-state index in [2.05, 4.69) is 15.5 Å². The van der Waals surface area contributed by atoms with Crippen LogP contribution >= 0.6 is 12.2 Å². The Bertz CT molecular complexity index is 662. The van der Waals surface area contributed by atoms with Crippen molar-refractivity contribution < 1.29 is 8.78 Å². The van der Waals surface area contributed by atoms with Crippen molar-refractivity contribution in [3.63, 3.8) is 0 Å². The molecule has 23 heavy (non-hydrogen) atoms. The minimum absolute atomic E-state index is 0.119. The van der Waals surface area contributed by atoms with Gasteiger partial charge in [-0.2, -0.15) is 0 Å². The van der Waals surface area contributed by atoms with Crippen molar-refractivity contribution in [1.29, 1.82) is 0 Å². The lowest BCUT2D eigenvalue weighted by Crippen LogP contribution is -2.36. The summed E-state index contributed by atoms with van der Waals surface area (Å²) in [5.74, 6) is -1.30. The second-order valence-corrected chi connectivity index (χ2v) is 5.76. The summed E-state index contributed by atoms with van der Waals surface area (Å²) in [6.07, 6.45) is 0. The number of anilines is 1. The maximum atomic E-state index is 13.6. The smallest absolute Gasteiger partial charge is 0.170 e. The lowest BCUT2D eigenvalue weighted by Gasteiger charge is -2.25. The summed E-state index contributed by atoms with van der Waals surface area (Å²) >= 11 is 5.18. The fourth-order valence-electron chi connectivity index (χ4n) is 2.22. The largest absolute Gasteiger partial charge is 0.361 e. The quantitative estimate of drug-likeness (QED) is 0.817. The van der Waals surface area contributed by atoms with Gasteiger partial charge in [-0.3, -0.25) is 0 Å². The molecule has 0 aliphatic heterocycles. The van der Waals surface area contributed by atoms with Gasteiger partial charge in [0.15, 0.2) is 5.11 Å². The Labute approximate surface area is 140 Å². The third kappa shape index (κ3) is 4.97. The van der Waals surface area contributed by atoms with Crippen LogP contribution in [-0.2, 0) is 0 Å². The molecule has 2 aromatic carbocycles. The van der Waals surface area contributed by atoms with Gasteiger partial charge in [0.05, 0.1) is 11.7 Å². The Kier molecular flexibility index (Phi) is 6.01. The second kappa shape index (κ2) is 7.99. The standard InChI is InChI=1S/C17H19F2N3S/c1-22(2)16(12-6-4-3-5-7-12)11-20-17(23)21-15-9-8-13(18)10-14(15)19/h3-10,16H,11H2,1-2H3,(H2,20,21,23). The van der Waals surface area contributed by atoms with Crippen LogP contribution in [0.3, 0.4) is 0 Å². The molecule has 0 aliphatic carbocycles. The summed E-state index contributed by atoms with van der Waals surface area (Å²) < 4.78 is 26.5. The molecule has 122 valence electrons. The van der Waals surface area contributed by atoms with E-state index >= 15 is 0 Å². The van der Waals surface area contributed by atoms with E-state index in [0.717, 1.165) is 11.6 Å². The highest BCUT2D eigenvalue weighted by atomic mass is 32.1. The van der Waals surface area contributed by atoms with E-state index in [0.29, 0.717) is 11.7 Å². The van der Waals surface area contributed by atoms with Gasteiger partial charge in [0.1, 0.15) is 11.6 Å². The van der Waals surface area contributed by atoms with Gasteiger partial charge in [0.25, 0.3) is 0 Å². The zero-order valence-corrected chi connectivity index (χ0v) is 13.8. The fourth-order valence-corrected chi connectivity index (χ4v) is 2.41. The van der Waals surface area contributed by atoms with Crippen LogP contribution in [0, 0.1) is 11.6 Å². The molecular weight excluding hydrogens is 316 g/mol. The first-order valence-corrected chi connectivity index (χ1v) is 7.59. The molecular formula is C17H19F2N3S. The van der Waals surface area contributed by atoms with E-state index in [1.165, 1.54) is 12.1 Å². The predicted molar refractivity (Wildman–Crippen MR) is 93.5 cm³/mol. The first kappa shape index (κ1) is 17.3. The minimum atomic E-state index is -0.679. The highest BCUT2D eigenvalue weighted by molar-refractivity contribution is 7.80. The topological polar surface area (TPSA) is 27.3 Å². The van der Waals surface area contributed by atoms with Gasteiger partial charge in [0, 0.05) is 12.6 Å². The summed E-state index contributed by atoms with van der Waals surface area (Å²) in [7, 11) is 3.96. The normalized spacial score (nSPS) is 12.0. The number of nitrogens with one attached hydrogen (secondary N) is 2. The Balaban J connectivity index is 1.97. The second-order valence-electron chi connectivity index (χ2n) is 5.35. The zero-order valence-electron chi connectivity index (χ0n) is 13.0. The van der Waals surface area contributed by atoms with Crippen LogP contribution in [0.2, 0.25) is 0 Å². The molecule has 2 N–H and O–H groups in total. The fraction of sp³-hybridized carbons (Fsp3) is 0.235. The maximum Gasteiger partial charge on any atom is 0.170 e. The number of hydrogen-bond acceptors (Lipinski definition) is 2. The van der Waals surface area contributed by atoms with Gasteiger partial charge >= 0.3 is 0 Å².